The first-order valence-electron chi connectivity index (χ1n) is 8.19. The molecule has 28 heavy (non-hydrogen) atoms. The second kappa shape index (κ2) is 7.92. The number of carbonyl (C=O) groups is 1. The van der Waals surface area contributed by atoms with E-state index < -0.39 is 17.2 Å². The Morgan fingerprint density at radius 1 is 1.14 bits per heavy atom. The lowest BCUT2D eigenvalue weighted by Gasteiger charge is -2.21. The summed E-state index contributed by atoms with van der Waals surface area (Å²) in [6, 6.07) is 13.5. The van der Waals surface area contributed by atoms with Crippen molar-refractivity contribution in [1.29, 1.82) is 0 Å². The molecule has 0 radical (unpaired) electrons. The molecule has 3 aromatic rings. The molecular weight excluding hydrogens is 403 g/mol. The minimum absolute atomic E-state index is 0.126. The number of rotatable bonds is 4. The third-order valence-electron chi connectivity index (χ3n) is 4.20. The fraction of sp³-hybridized carbons (Fsp3) is 0.105. The number of anilines is 2. The third-order valence-corrected chi connectivity index (χ3v) is 4.75. The molecule has 0 saturated heterocycles. The van der Waals surface area contributed by atoms with Gasteiger partial charge in [0.25, 0.3) is 11.5 Å². The first-order chi connectivity index (χ1) is 13.3. The van der Waals surface area contributed by atoms with Gasteiger partial charge in [0, 0.05) is 12.1 Å². The number of amides is 1. The van der Waals surface area contributed by atoms with E-state index in [0.717, 1.165) is 10.5 Å². The summed E-state index contributed by atoms with van der Waals surface area (Å²) in [6.45, 7) is 0.138. The fourth-order valence-electron chi connectivity index (χ4n) is 2.77. The predicted molar refractivity (Wildman–Crippen MR) is 110 cm³/mol. The number of nitrogens with zero attached hydrogens (tertiary/aromatic N) is 2. The zero-order valence-corrected chi connectivity index (χ0v) is 16.3. The highest BCUT2D eigenvalue weighted by Gasteiger charge is 2.23. The van der Waals surface area contributed by atoms with Crippen molar-refractivity contribution in [2.24, 2.45) is 0 Å². The number of carbonyl (C=O) groups excluding carboxylic acids is 1. The van der Waals surface area contributed by atoms with Crippen LogP contribution >= 0.6 is 23.2 Å². The number of hydrogen-bond acceptors (Lipinski definition) is 4. The van der Waals surface area contributed by atoms with E-state index >= 15 is 0 Å². The van der Waals surface area contributed by atoms with E-state index in [2.05, 4.69) is 4.98 Å². The van der Waals surface area contributed by atoms with Gasteiger partial charge in [-0.25, -0.2) is 4.79 Å². The summed E-state index contributed by atoms with van der Waals surface area (Å²) < 4.78 is 1.19. The van der Waals surface area contributed by atoms with Crippen LogP contribution in [0.15, 0.2) is 58.1 Å². The zero-order valence-electron chi connectivity index (χ0n) is 14.8. The normalized spacial score (nSPS) is 10.7. The van der Waals surface area contributed by atoms with Gasteiger partial charge in [0.2, 0.25) is 0 Å². The smallest absolute Gasteiger partial charge is 0.330 e. The topological polar surface area (TPSA) is 101 Å². The molecule has 0 spiro atoms. The average molecular weight is 419 g/mol. The van der Waals surface area contributed by atoms with Crippen LogP contribution in [0.25, 0.3) is 0 Å². The maximum absolute atomic E-state index is 12.8. The number of halogens is 2. The van der Waals surface area contributed by atoms with E-state index in [0.29, 0.717) is 5.02 Å². The van der Waals surface area contributed by atoms with Crippen molar-refractivity contribution in [1.82, 2.24) is 9.55 Å². The standard InChI is InChI=1S/C19H16Cl2N4O3/c1-24(18(27)13-8-7-12(20)9-14(13)21)15-16(22)25(19(28)23-17(15)26)10-11-5-3-2-4-6-11/h2-9H,10,22H2,1H3,(H,23,26,28). The SMILES string of the molecule is CN(C(=O)c1ccc(Cl)cc1Cl)c1c(N)n(Cc2ccccc2)c(=O)[nH]c1=O. The van der Waals surface area contributed by atoms with Crippen molar-refractivity contribution < 1.29 is 4.79 Å². The second-order valence-electron chi connectivity index (χ2n) is 6.05. The van der Waals surface area contributed by atoms with Gasteiger partial charge in [-0.15, -0.1) is 0 Å². The van der Waals surface area contributed by atoms with E-state index in [1.165, 1.54) is 29.8 Å². The Bertz CT molecular complexity index is 1160. The van der Waals surface area contributed by atoms with E-state index in [1.54, 1.807) is 0 Å². The molecule has 3 rings (SSSR count). The van der Waals surface area contributed by atoms with Crippen molar-refractivity contribution in [3.8, 4) is 0 Å². The molecule has 7 nitrogen and oxygen atoms in total. The summed E-state index contributed by atoms with van der Waals surface area (Å²) in [6.07, 6.45) is 0. The minimum atomic E-state index is -0.771. The van der Waals surface area contributed by atoms with Gasteiger partial charge in [-0.05, 0) is 23.8 Å². The van der Waals surface area contributed by atoms with Crippen LogP contribution in [0.5, 0.6) is 0 Å². The Morgan fingerprint density at radius 3 is 2.46 bits per heavy atom. The lowest BCUT2D eigenvalue weighted by molar-refractivity contribution is 0.0993. The van der Waals surface area contributed by atoms with Gasteiger partial charge in [0.1, 0.15) is 5.82 Å². The fourth-order valence-corrected chi connectivity index (χ4v) is 3.26. The Balaban J connectivity index is 2.06. The van der Waals surface area contributed by atoms with E-state index in [4.69, 9.17) is 28.9 Å². The number of benzene rings is 2. The van der Waals surface area contributed by atoms with Crippen LogP contribution in [0.4, 0.5) is 11.5 Å². The van der Waals surface area contributed by atoms with Gasteiger partial charge in [-0.1, -0.05) is 53.5 Å². The summed E-state index contributed by atoms with van der Waals surface area (Å²) in [7, 11) is 1.38. The molecule has 2 aromatic carbocycles. The highest BCUT2D eigenvalue weighted by atomic mass is 35.5. The van der Waals surface area contributed by atoms with Gasteiger partial charge in [-0.2, -0.15) is 0 Å². The predicted octanol–water partition coefficient (Wildman–Crippen LogP) is 2.75. The summed E-state index contributed by atoms with van der Waals surface area (Å²) in [5.41, 5.74) is 5.48. The number of H-pyrrole nitrogens is 1. The van der Waals surface area contributed by atoms with Crippen LogP contribution in [-0.2, 0) is 6.54 Å². The number of aromatic amines is 1. The molecule has 0 aliphatic heterocycles. The molecule has 1 aromatic heterocycles. The highest BCUT2D eigenvalue weighted by Crippen LogP contribution is 2.24. The van der Waals surface area contributed by atoms with E-state index in [1.807, 2.05) is 30.3 Å². The molecule has 0 atom stereocenters. The lowest BCUT2D eigenvalue weighted by Crippen LogP contribution is -2.39. The van der Waals surface area contributed by atoms with Gasteiger partial charge in [0.15, 0.2) is 5.69 Å². The number of nitrogens with one attached hydrogen (secondary N) is 1. The van der Waals surface area contributed by atoms with Crippen LogP contribution in [0.2, 0.25) is 10.0 Å². The van der Waals surface area contributed by atoms with Crippen LogP contribution in [0.1, 0.15) is 15.9 Å². The molecule has 0 aliphatic rings. The second-order valence-corrected chi connectivity index (χ2v) is 6.90. The van der Waals surface area contributed by atoms with Crippen LogP contribution in [0, 0.1) is 0 Å². The molecule has 3 N–H and O–H groups in total. The number of nitrogens with two attached hydrogens (primary N) is 1. The Kier molecular flexibility index (Phi) is 5.58. The molecule has 0 unspecified atom stereocenters. The molecule has 0 aliphatic carbocycles. The summed E-state index contributed by atoms with van der Waals surface area (Å²) in [5, 5.41) is 0.509. The quantitative estimate of drug-likeness (QED) is 0.679. The summed E-state index contributed by atoms with van der Waals surface area (Å²) in [4.78, 5) is 40.7. The van der Waals surface area contributed by atoms with Crippen LogP contribution in [-0.4, -0.2) is 22.5 Å². The van der Waals surface area contributed by atoms with Crippen LogP contribution < -0.4 is 21.9 Å². The Morgan fingerprint density at radius 2 is 1.82 bits per heavy atom. The maximum Gasteiger partial charge on any atom is 0.330 e. The van der Waals surface area contributed by atoms with Crippen LogP contribution in [0.3, 0.4) is 0 Å². The van der Waals surface area contributed by atoms with Crippen molar-refractivity contribution in [3.63, 3.8) is 0 Å². The first-order valence-corrected chi connectivity index (χ1v) is 8.95. The monoisotopic (exact) mass is 418 g/mol. The van der Waals surface area contributed by atoms with Crippen molar-refractivity contribution in [2.75, 3.05) is 17.7 Å². The highest BCUT2D eigenvalue weighted by molar-refractivity contribution is 6.37. The number of nitrogen functional groups attached to an aromatic ring is 1. The minimum Gasteiger partial charge on any atom is -0.383 e. The molecule has 0 fully saturated rings. The molecule has 0 saturated carbocycles. The largest absolute Gasteiger partial charge is 0.383 e. The number of hydrogen-bond donors (Lipinski definition) is 2. The lowest BCUT2D eigenvalue weighted by atomic mass is 10.2. The average Bonchev–Trinajstić information content (AvgIpc) is 2.65. The first kappa shape index (κ1) is 19.7. The molecule has 9 heteroatoms. The Hall–Kier alpha value is -3.03. The Labute approximate surface area is 169 Å². The summed E-state index contributed by atoms with van der Waals surface area (Å²) in [5.74, 6) is -0.692. The third kappa shape index (κ3) is 3.81. The van der Waals surface area contributed by atoms with Crippen molar-refractivity contribution in [3.05, 3.63) is 90.5 Å². The van der Waals surface area contributed by atoms with Gasteiger partial charge >= 0.3 is 5.69 Å². The van der Waals surface area contributed by atoms with E-state index in [9.17, 15) is 14.4 Å². The van der Waals surface area contributed by atoms with Crippen molar-refractivity contribution >= 4 is 40.6 Å². The molecule has 1 amide bonds. The number of aromatic nitrogens is 2. The zero-order chi connectivity index (χ0) is 20.4. The summed E-state index contributed by atoms with van der Waals surface area (Å²) >= 11 is 12.0. The maximum atomic E-state index is 12.8. The molecular formula is C19H16Cl2N4O3. The van der Waals surface area contributed by atoms with Gasteiger partial charge in [0.05, 0.1) is 17.1 Å². The van der Waals surface area contributed by atoms with Gasteiger partial charge < -0.3 is 10.6 Å². The van der Waals surface area contributed by atoms with Crippen molar-refractivity contribution in [2.45, 2.75) is 6.54 Å². The molecule has 0 bridgehead atoms. The van der Waals surface area contributed by atoms with Gasteiger partial charge in [-0.3, -0.25) is 19.1 Å². The molecule has 144 valence electrons. The van der Waals surface area contributed by atoms with E-state index in [-0.39, 0.29) is 28.6 Å². The molecule has 1 heterocycles.